The summed E-state index contributed by atoms with van der Waals surface area (Å²) < 4.78 is 14.8. The summed E-state index contributed by atoms with van der Waals surface area (Å²) in [5.41, 5.74) is -1.21. The highest BCUT2D eigenvalue weighted by Gasteiger charge is 2.69. The molecule has 1 unspecified atom stereocenters. The average Bonchev–Trinajstić information content (AvgIpc) is 2.96. The fourth-order valence-corrected chi connectivity index (χ4v) is 2.15. The molecule has 1 aliphatic carbocycles. The van der Waals surface area contributed by atoms with Gasteiger partial charge in [-0.15, -0.1) is 0 Å². The zero-order valence-electron chi connectivity index (χ0n) is 9.98. The maximum Gasteiger partial charge on any atom is 0.324 e. The van der Waals surface area contributed by atoms with Crippen LogP contribution in [0.25, 0.3) is 0 Å². The van der Waals surface area contributed by atoms with Crippen LogP contribution in [0.4, 0.5) is 0 Å². The molecule has 1 aromatic rings. The van der Waals surface area contributed by atoms with Crippen LogP contribution < -0.4 is 0 Å². The summed E-state index contributed by atoms with van der Waals surface area (Å²) in [6.45, 7) is 1.81. The molecule has 92 valence electrons. The molecule has 1 heterocycles. The summed E-state index contributed by atoms with van der Waals surface area (Å²) in [6, 6.07) is 3.57. The van der Waals surface area contributed by atoms with Crippen LogP contribution in [0.2, 0.25) is 0 Å². The molecule has 0 amide bonds. The summed E-state index contributed by atoms with van der Waals surface area (Å²) in [4.78, 5) is 23.4. The smallest absolute Gasteiger partial charge is 0.324 e. The topological polar surface area (TPSA) is 65.7 Å². The van der Waals surface area contributed by atoms with Crippen molar-refractivity contribution in [1.82, 2.24) is 0 Å². The largest absolute Gasteiger partial charge is 0.468 e. The Morgan fingerprint density at radius 1 is 1.29 bits per heavy atom. The summed E-state index contributed by atoms with van der Waals surface area (Å²) in [5, 5.41) is 0. The van der Waals surface area contributed by atoms with Crippen LogP contribution in [0.1, 0.15) is 23.9 Å². The standard InChI is InChI=1S/C12H14O5/c1-7-4-5-9(17-7)8-6-12(8,10(13)15-2)11(14)16-3/h4-5,8H,6H2,1-3H3. The van der Waals surface area contributed by atoms with Crippen molar-refractivity contribution in [3.63, 3.8) is 0 Å². The third-order valence-corrected chi connectivity index (χ3v) is 3.16. The lowest BCUT2D eigenvalue weighted by molar-refractivity contribution is -0.161. The second-order valence-corrected chi connectivity index (χ2v) is 4.16. The van der Waals surface area contributed by atoms with Crippen molar-refractivity contribution < 1.29 is 23.5 Å². The van der Waals surface area contributed by atoms with Crippen LogP contribution in [0.3, 0.4) is 0 Å². The van der Waals surface area contributed by atoms with E-state index in [1.165, 1.54) is 14.2 Å². The molecule has 1 fully saturated rings. The molecule has 0 saturated heterocycles. The SMILES string of the molecule is COC(=O)C1(C(=O)OC)CC1c1ccc(C)o1. The van der Waals surface area contributed by atoms with E-state index in [1.54, 1.807) is 12.1 Å². The average molecular weight is 238 g/mol. The Labute approximate surface area is 98.7 Å². The molecule has 1 atom stereocenters. The monoisotopic (exact) mass is 238 g/mol. The van der Waals surface area contributed by atoms with Gasteiger partial charge in [0.05, 0.1) is 14.2 Å². The number of methoxy groups -OCH3 is 2. The van der Waals surface area contributed by atoms with Gasteiger partial charge in [-0.3, -0.25) is 9.59 Å². The first-order chi connectivity index (χ1) is 8.06. The molecule has 2 rings (SSSR count). The van der Waals surface area contributed by atoms with Crippen molar-refractivity contribution in [3.8, 4) is 0 Å². The van der Waals surface area contributed by atoms with Gasteiger partial charge in [0, 0.05) is 5.92 Å². The van der Waals surface area contributed by atoms with E-state index >= 15 is 0 Å². The lowest BCUT2D eigenvalue weighted by atomic mass is 10.0. The minimum absolute atomic E-state index is 0.281. The highest BCUT2D eigenvalue weighted by atomic mass is 16.5. The van der Waals surface area contributed by atoms with Gasteiger partial charge in [0.2, 0.25) is 0 Å². The second-order valence-electron chi connectivity index (χ2n) is 4.16. The molecule has 0 N–H and O–H groups in total. The van der Waals surface area contributed by atoms with Crippen molar-refractivity contribution in [3.05, 3.63) is 23.7 Å². The Kier molecular flexibility index (Phi) is 2.69. The second kappa shape index (κ2) is 3.91. The predicted octanol–water partition coefficient (Wildman–Crippen LogP) is 1.41. The minimum Gasteiger partial charge on any atom is -0.468 e. The van der Waals surface area contributed by atoms with Crippen LogP contribution in [0.15, 0.2) is 16.5 Å². The molecule has 0 radical (unpaired) electrons. The van der Waals surface area contributed by atoms with Crippen molar-refractivity contribution in [2.24, 2.45) is 5.41 Å². The molecule has 5 nitrogen and oxygen atoms in total. The van der Waals surface area contributed by atoms with E-state index in [0.29, 0.717) is 12.2 Å². The quantitative estimate of drug-likeness (QED) is 0.588. The van der Waals surface area contributed by atoms with Crippen molar-refractivity contribution >= 4 is 11.9 Å². The maximum atomic E-state index is 11.7. The van der Waals surface area contributed by atoms with E-state index < -0.39 is 17.4 Å². The normalized spacial score (nSPS) is 20.8. The maximum absolute atomic E-state index is 11.7. The highest BCUT2D eigenvalue weighted by Crippen LogP contribution is 2.61. The van der Waals surface area contributed by atoms with Crippen LogP contribution in [-0.2, 0) is 19.1 Å². The third-order valence-electron chi connectivity index (χ3n) is 3.16. The van der Waals surface area contributed by atoms with Gasteiger partial charge >= 0.3 is 11.9 Å². The van der Waals surface area contributed by atoms with E-state index in [-0.39, 0.29) is 5.92 Å². The lowest BCUT2D eigenvalue weighted by Crippen LogP contribution is -2.30. The number of hydrogen-bond acceptors (Lipinski definition) is 5. The van der Waals surface area contributed by atoms with Crippen LogP contribution in [-0.4, -0.2) is 26.2 Å². The van der Waals surface area contributed by atoms with Crippen LogP contribution in [0, 0.1) is 12.3 Å². The first kappa shape index (κ1) is 11.7. The molecule has 0 aliphatic heterocycles. The molecule has 17 heavy (non-hydrogen) atoms. The zero-order valence-corrected chi connectivity index (χ0v) is 9.98. The first-order valence-corrected chi connectivity index (χ1v) is 5.29. The molecular formula is C12H14O5. The van der Waals surface area contributed by atoms with Gasteiger partial charge in [0.25, 0.3) is 0 Å². The summed E-state index contributed by atoms with van der Waals surface area (Å²) in [5.74, 6) is -0.0447. The Balaban J connectivity index is 2.29. The lowest BCUT2D eigenvalue weighted by Gasteiger charge is -2.11. The Morgan fingerprint density at radius 2 is 1.88 bits per heavy atom. The number of esters is 2. The van der Waals surface area contributed by atoms with E-state index in [4.69, 9.17) is 4.42 Å². The number of hydrogen-bond donors (Lipinski definition) is 0. The first-order valence-electron chi connectivity index (χ1n) is 5.29. The van der Waals surface area contributed by atoms with Crippen molar-refractivity contribution in [1.29, 1.82) is 0 Å². The van der Waals surface area contributed by atoms with Crippen LogP contribution >= 0.6 is 0 Å². The van der Waals surface area contributed by atoms with Crippen molar-refractivity contribution in [2.75, 3.05) is 14.2 Å². The molecule has 0 bridgehead atoms. The number of aryl methyl sites for hydroxylation is 1. The van der Waals surface area contributed by atoms with E-state index in [0.717, 1.165) is 5.76 Å². The summed E-state index contributed by atoms with van der Waals surface area (Å²) in [7, 11) is 2.52. The molecule has 1 aromatic heterocycles. The van der Waals surface area contributed by atoms with Crippen molar-refractivity contribution in [2.45, 2.75) is 19.3 Å². The van der Waals surface area contributed by atoms with Gasteiger partial charge in [0.1, 0.15) is 11.5 Å². The molecule has 0 aromatic carbocycles. The molecule has 1 aliphatic rings. The van der Waals surface area contributed by atoms with E-state index in [9.17, 15) is 9.59 Å². The summed E-state index contributed by atoms with van der Waals surface area (Å²) >= 11 is 0. The molecule has 0 spiro atoms. The number of rotatable bonds is 3. The predicted molar refractivity (Wildman–Crippen MR) is 57.3 cm³/mol. The number of carbonyl (C=O) groups excluding carboxylic acids is 2. The summed E-state index contributed by atoms with van der Waals surface area (Å²) in [6.07, 6.45) is 0.374. The minimum atomic E-state index is -1.21. The van der Waals surface area contributed by atoms with Gasteiger partial charge < -0.3 is 13.9 Å². The van der Waals surface area contributed by atoms with Gasteiger partial charge in [-0.25, -0.2) is 0 Å². The zero-order chi connectivity index (χ0) is 12.6. The van der Waals surface area contributed by atoms with E-state index in [1.807, 2.05) is 6.92 Å². The fraction of sp³-hybridized carbons (Fsp3) is 0.500. The number of furan rings is 1. The Hall–Kier alpha value is -1.78. The van der Waals surface area contributed by atoms with Gasteiger partial charge in [0.15, 0.2) is 5.41 Å². The van der Waals surface area contributed by atoms with Gasteiger partial charge in [-0.05, 0) is 25.5 Å². The Morgan fingerprint density at radius 3 is 2.29 bits per heavy atom. The van der Waals surface area contributed by atoms with E-state index in [2.05, 4.69) is 9.47 Å². The highest BCUT2D eigenvalue weighted by molar-refractivity contribution is 6.05. The van der Waals surface area contributed by atoms with Gasteiger partial charge in [-0.2, -0.15) is 0 Å². The third kappa shape index (κ3) is 1.62. The molecule has 1 saturated carbocycles. The Bertz CT molecular complexity index is 443. The number of ether oxygens (including phenoxy) is 2. The van der Waals surface area contributed by atoms with Gasteiger partial charge in [-0.1, -0.05) is 0 Å². The molecular weight excluding hydrogens is 224 g/mol. The molecule has 5 heteroatoms. The van der Waals surface area contributed by atoms with Crippen LogP contribution in [0.5, 0.6) is 0 Å². The number of carbonyl (C=O) groups is 2. The fourth-order valence-electron chi connectivity index (χ4n) is 2.15.